The van der Waals surface area contributed by atoms with E-state index in [0.717, 1.165) is 25.8 Å². The van der Waals surface area contributed by atoms with Crippen LogP contribution in [0.1, 0.15) is 37.7 Å². The van der Waals surface area contributed by atoms with Crippen molar-refractivity contribution < 1.29 is 4.79 Å². The number of hydrogen-bond donors (Lipinski definition) is 2. The van der Waals surface area contributed by atoms with Gasteiger partial charge in [0.15, 0.2) is 0 Å². The van der Waals surface area contributed by atoms with Gasteiger partial charge in [-0.15, -0.1) is 12.4 Å². The van der Waals surface area contributed by atoms with Gasteiger partial charge in [0.25, 0.3) is 0 Å². The van der Waals surface area contributed by atoms with Crippen LogP contribution in [0.3, 0.4) is 0 Å². The Balaban J connectivity index is 0.00000147. The van der Waals surface area contributed by atoms with Crippen LogP contribution in [0.2, 0.25) is 0 Å². The average molecular weight is 295 g/mol. The largest absolute Gasteiger partial charge is 0.355 e. The molecule has 0 aromatic heterocycles. The lowest BCUT2D eigenvalue weighted by molar-refractivity contribution is -0.124. The number of amides is 1. The van der Waals surface area contributed by atoms with Crippen molar-refractivity contribution in [3.05, 3.63) is 35.9 Å². The van der Waals surface area contributed by atoms with Gasteiger partial charge in [-0.2, -0.15) is 0 Å². The van der Waals surface area contributed by atoms with E-state index in [9.17, 15) is 4.79 Å². The van der Waals surface area contributed by atoms with Crippen LogP contribution < -0.4 is 11.1 Å². The fourth-order valence-corrected chi connectivity index (χ4v) is 3.17. The summed E-state index contributed by atoms with van der Waals surface area (Å²) in [7, 11) is 0. The molecule has 0 heterocycles. The van der Waals surface area contributed by atoms with Crippen LogP contribution in [-0.4, -0.2) is 18.5 Å². The lowest BCUT2D eigenvalue weighted by atomic mass is 9.95. The van der Waals surface area contributed by atoms with Gasteiger partial charge in [0, 0.05) is 23.9 Å². The normalized spacial score (nSPS) is 26.6. The van der Waals surface area contributed by atoms with Crippen molar-refractivity contribution >= 4 is 18.3 Å². The molecule has 4 heteroatoms. The number of nitrogens with two attached hydrogens (primary N) is 1. The summed E-state index contributed by atoms with van der Waals surface area (Å²) >= 11 is 0. The molecular weight excluding hydrogens is 272 g/mol. The maximum atomic E-state index is 12.1. The van der Waals surface area contributed by atoms with E-state index in [1.165, 1.54) is 18.4 Å². The van der Waals surface area contributed by atoms with Crippen LogP contribution in [0.5, 0.6) is 0 Å². The van der Waals surface area contributed by atoms with Crippen LogP contribution >= 0.6 is 12.4 Å². The predicted octanol–water partition coefficient (Wildman–Crippen LogP) is 2.38. The van der Waals surface area contributed by atoms with Gasteiger partial charge in [-0.3, -0.25) is 4.79 Å². The maximum Gasteiger partial charge on any atom is 0.223 e. The highest BCUT2D eigenvalue weighted by Crippen LogP contribution is 2.47. The molecule has 3 rings (SSSR count). The molecule has 2 aliphatic carbocycles. The van der Waals surface area contributed by atoms with Crippen LogP contribution in [0.25, 0.3) is 0 Å². The summed E-state index contributed by atoms with van der Waals surface area (Å²) in [5.41, 5.74) is 7.43. The van der Waals surface area contributed by atoms with E-state index < -0.39 is 0 Å². The topological polar surface area (TPSA) is 55.1 Å². The molecular formula is C16H23ClN2O. The molecule has 0 radical (unpaired) electrons. The van der Waals surface area contributed by atoms with Crippen LogP contribution in [-0.2, 0) is 10.2 Å². The van der Waals surface area contributed by atoms with E-state index in [1.807, 2.05) is 6.07 Å². The zero-order chi connectivity index (χ0) is 13.3. The molecule has 110 valence electrons. The smallest absolute Gasteiger partial charge is 0.223 e. The molecule has 1 aromatic rings. The van der Waals surface area contributed by atoms with Gasteiger partial charge >= 0.3 is 0 Å². The quantitative estimate of drug-likeness (QED) is 0.896. The second kappa shape index (κ2) is 6.15. The number of benzene rings is 1. The van der Waals surface area contributed by atoms with Gasteiger partial charge in [0.2, 0.25) is 5.91 Å². The van der Waals surface area contributed by atoms with Crippen molar-refractivity contribution in [1.29, 1.82) is 0 Å². The summed E-state index contributed by atoms with van der Waals surface area (Å²) in [6, 6.07) is 10.8. The number of hydrogen-bond acceptors (Lipinski definition) is 2. The number of rotatable bonds is 4. The summed E-state index contributed by atoms with van der Waals surface area (Å²) in [5.74, 6) is 0.344. The molecule has 1 amide bonds. The van der Waals surface area contributed by atoms with Crippen LogP contribution in [0.4, 0.5) is 0 Å². The molecule has 0 bridgehead atoms. The highest BCUT2D eigenvalue weighted by Gasteiger charge is 2.44. The van der Waals surface area contributed by atoms with Crippen LogP contribution in [0, 0.1) is 5.92 Å². The van der Waals surface area contributed by atoms with E-state index in [0.29, 0.717) is 0 Å². The van der Waals surface area contributed by atoms with Gasteiger partial charge in [-0.25, -0.2) is 0 Å². The molecule has 3 N–H and O–H groups in total. The molecule has 20 heavy (non-hydrogen) atoms. The molecule has 2 aliphatic rings. The Hall–Kier alpha value is -1.06. The highest BCUT2D eigenvalue weighted by molar-refractivity contribution is 5.85. The van der Waals surface area contributed by atoms with E-state index in [1.54, 1.807) is 0 Å². The second-order valence-electron chi connectivity index (χ2n) is 6.13. The molecule has 2 fully saturated rings. The predicted molar refractivity (Wildman–Crippen MR) is 82.9 cm³/mol. The fraction of sp³-hybridized carbons (Fsp3) is 0.562. The minimum Gasteiger partial charge on any atom is -0.355 e. The van der Waals surface area contributed by atoms with E-state index in [4.69, 9.17) is 5.73 Å². The molecule has 2 saturated carbocycles. The summed E-state index contributed by atoms with van der Waals surface area (Å²) in [6.07, 6.45) is 5.15. The van der Waals surface area contributed by atoms with Crippen molar-refractivity contribution in [3.63, 3.8) is 0 Å². The highest BCUT2D eigenvalue weighted by atomic mass is 35.5. The summed E-state index contributed by atoms with van der Waals surface area (Å²) in [5, 5.41) is 3.15. The Morgan fingerprint density at radius 2 is 1.95 bits per heavy atom. The SMILES string of the molecule is Cl.NC1CCC(C(=O)NCC2(c3ccccc3)CC2)C1. The lowest BCUT2D eigenvalue weighted by Gasteiger charge is -2.18. The zero-order valence-corrected chi connectivity index (χ0v) is 12.5. The number of carbonyl (C=O) groups excluding carboxylic acids is 1. The Bertz CT molecular complexity index is 459. The van der Waals surface area contributed by atoms with Crippen molar-refractivity contribution in [2.75, 3.05) is 6.54 Å². The third-order valence-electron chi connectivity index (χ3n) is 4.68. The Kier molecular flexibility index (Phi) is 4.71. The summed E-state index contributed by atoms with van der Waals surface area (Å²) < 4.78 is 0. The van der Waals surface area contributed by atoms with E-state index in [2.05, 4.69) is 29.6 Å². The Morgan fingerprint density at radius 1 is 1.25 bits per heavy atom. The first-order chi connectivity index (χ1) is 9.20. The van der Waals surface area contributed by atoms with Gasteiger partial charge < -0.3 is 11.1 Å². The van der Waals surface area contributed by atoms with Gasteiger partial charge in [0.1, 0.15) is 0 Å². The molecule has 0 saturated heterocycles. The Labute approximate surface area is 126 Å². The maximum absolute atomic E-state index is 12.1. The van der Waals surface area contributed by atoms with Crippen LogP contribution in [0.15, 0.2) is 30.3 Å². The zero-order valence-electron chi connectivity index (χ0n) is 11.7. The van der Waals surface area contributed by atoms with E-state index >= 15 is 0 Å². The second-order valence-corrected chi connectivity index (χ2v) is 6.13. The third kappa shape index (κ3) is 3.15. The van der Waals surface area contributed by atoms with E-state index in [-0.39, 0.29) is 35.7 Å². The first-order valence-electron chi connectivity index (χ1n) is 7.28. The molecule has 2 atom stereocenters. The third-order valence-corrected chi connectivity index (χ3v) is 4.68. The fourth-order valence-electron chi connectivity index (χ4n) is 3.17. The first kappa shape index (κ1) is 15.3. The van der Waals surface area contributed by atoms with Gasteiger partial charge in [-0.05, 0) is 37.7 Å². The molecule has 0 aliphatic heterocycles. The number of halogens is 1. The Morgan fingerprint density at radius 3 is 2.50 bits per heavy atom. The van der Waals surface area contributed by atoms with Crippen molar-refractivity contribution in [2.45, 2.75) is 43.6 Å². The lowest BCUT2D eigenvalue weighted by Crippen LogP contribution is -2.36. The molecule has 0 spiro atoms. The van der Waals surface area contributed by atoms with Crippen molar-refractivity contribution in [2.24, 2.45) is 11.7 Å². The average Bonchev–Trinajstić information content (AvgIpc) is 3.12. The first-order valence-corrected chi connectivity index (χ1v) is 7.28. The molecule has 2 unspecified atom stereocenters. The number of carbonyl (C=O) groups is 1. The standard InChI is InChI=1S/C16H22N2O.ClH/c17-14-7-6-12(10-14)15(19)18-11-16(8-9-16)13-4-2-1-3-5-13;/h1-5,12,14H,6-11,17H2,(H,18,19);1H. The molecule has 3 nitrogen and oxygen atoms in total. The van der Waals surface area contributed by atoms with Gasteiger partial charge in [0.05, 0.1) is 0 Å². The minimum absolute atomic E-state index is 0. The molecule has 1 aromatic carbocycles. The van der Waals surface area contributed by atoms with Gasteiger partial charge in [-0.1, -0.05) is 30.3 Å². The van der Waals surface area contributed by atoms with Crippen molar-refractivity contribution in [3.8, 4) is 0 Å². The monoisotopic (exact) mass is 294 g/mol. The van der Waals surface area contributed by atoms with Crippen molar-refractivity contribution in [1.82, 2.24) is 5.32 Å². The summed E-state index contributed by atoms with van der Waals surface area (Å²) in [4.78, 5) is 12.1. The number of nitrogens with one attached hydrogen (secondary N) is 1. The minimum atomic E-state index is 0. The summed E-state index contributed by atoms with van der Waals surface area (Å²) in [6.45, 7) is 0.779.